The summed E-state index contributed by atoms with van der Waals surface area (Å²) in [4.78, 5) is 27.6. The van der Waals surface area contributed by atoms with Crippen molar-refractivity contribution in [1.82, 2.24) is 0 Å². The molecule has 0 spiro atoms. The number of benzene rings is 2. The molecule has 1 fully saturated rings. The van der Waals surface area contributed by atoms with Crippen molar-refractivity contribution < 1.29 is 23.5 Å². The van der Waals surface area contributed by atoms with E-state index < -0.39 is 11.9 Å². The lowest BCUT2D eigenvalue weighted by atomic mass is 10.1. The van der Waals surface area contributed by atoms with Crippen LogP contribution in [0.1, 0.15) is 34.3 Å². The van der Waals surface area contributed by atoms with E-state index in [4.69, 9.17) is 25.5 Å². The quantitative estimate of drug-likeness (QED) is 0.476. The van der Waals surface area contributed by atoms with Crippen molar-refractivity contribution in [3.63, 3.8) is 0 Å². The Hall–Kier alpha value is -3.29. The number of carbonyl (C=O) groups is 2. The van der Waals surface area contributed by atoms with Gasteiger partial charge in [-0.3, -0.25) is 4.79 Å². The molecule has 1 N–H and O–H groups in total. The van der Waals surface area contributed by atoms with Crippen molar-refractivity contribution in [2.75, 3.05) is 43.1 Å². The van der Waals surface area contributed by atoms with Crippen LogP contribution in [0, 0.1) is 0 Å². The first-order chi connectivity index (χ1) is 16.0. The van der Waals surface area contributed by atoms with Gasteiger partial charge in [0, 0.05) is 29.4 Å². The van der Waals surface area contributed by atoms with E-state index in [1.54, 1.807) is 36.4 Å². The number of carbonyl (C=O) groups excluding carboxylic acids is 2. The van der Waals surface area contributed by atoms with Crippen LogP contribution in [-0.2, 0) is 9.47 Å². The van der Waals surface area contributed by atoms with Crippen molar-refractivity contribution in [3.05, 3.63) is 70.9 Å². The maximum Gasteiger partial charge on any atom is 0.340 e. The summed E-state index contributed by atoms with van der Waals surface area (Å²) in [6.45, 7) is 4.81. The molecule has 4 rings (SSSR count). The first-order valence-electron chi connectivity index (χ1n) is 10.9. The number of morpholine rings is 1. The normalized spacial score (nSPS) is 13.6. The molecule has 1 aromatic heterocycles. The van der Waals surface area contributed by atoms with Crippen LogP contribution in [0.4, 0.5) is 11.4 Å². The molecule has 1 aliphatic rings. The van der Waals surface area contributed by atoms with E-state index in [0.29, 0.717) is 54.9 Å². The number of hydrogen-bond acceptors (Lipinski definition) is 6. The van der Waals surface area contributed by atoms with Crippen LogP contribution in [0.15, 0.2) is 59.0 Å². The molecule has 0 bridgehead atoms. The Bertz CT molecular complexity index is 1140. The lowest BCUT2D eigenvalue weighted by molar-refractivity contribution is 0.0504. The zero-order chi connectivity index (χ0) is 23.2. The third-order valence-electron chi connectivity index (χ3n) is 5.20. The van der Waals surface area contributed by atoms with Crippen molar-refractivity contribution in [2.24, 2.45) is 0 Å². The maximum atomic E-state index is 12.8. The highest BCUT2D eigenvalue weighted by molar-refractivity contribution is 6.30. The largest absolute Gasteiger partial charge is 0.462 e. The van der Waals surface area contributed by atoms with Crippen LogP contribution in [0.25, 0.3) is 11.3 Å². The summed E-state index contributed by atoms with van der Waals surface area (Å²) in [6.07, 6.45) is 0.725. The molecular formula is C25H25ClN2O5. The molecule has 33 heavy (non-hydrogen) atoms. The highest BCUT2D eigenvalue weighted by Gasteiger charge is 2.21. The minimum absolute atomic E-state index is 0.150. The summed E-state index contributed by atoms with van der Waals surface area (Å²) in [5, 5.41) is 3.39. The number of amides is 1. The van der Waals surface area contributed by atoms with Gasteiger partial charge < -0.3 is 24.1 Å². The molecule has 3 aromatic rings. The van der Waals surface area contributed by atoms with E-state index in [1.165, 1.54) is 0 Å². The van der Waals surface area contributed by atoms with Gasteiger partial charge in [-0.25, -0.2) is 4.79 Å². The number of furan rings is 1. The molecule has 0 atom stereocenters. The van der Waals surface area contributed by atoms with Crippen LogP contribution < -0.4 is 10.2 Å². The van der Waals surface area contributed by atoms with Crippen LogP contribution in [0.3, 0.4) is 0 Å². The van der Waals surface area contributed by atoms with Gasteiger partial charge in [0.15, 0.2) is 5.76 Å². The Morgan fingerprint density at radius 2 is 1.91 bits per heavy atom. The summed E-state index contributed by atoms with van der Waals surface area (Å²) in [7, 11) is 0. The van der Waals surface area contributed by atoms with Gasteiger partial charge in [0.2, 0.25) is 0 Å². The van der Waals surface area contributed by atoms with Gasteiger partial charge in [-0.1, -0.05) is 30.7 Å². The van der Waals surface area contributed by atoms with Crippen LogP contribution in [-0.4, -0.2) is 44.8 Å². The molecule has 1 amide bonds. The lowest BCUT2D eigenvalue weighted by Gasteiger charge is -2.30. The number of nitrogens with zero attached hydrogens (tertiary/aromatic N) is 1. The lowest BCUT2D eigenvalue weighted by Crippen LogP contribution is -2.37. The van der Waals surface area contributed by atoms with Gasteiger partial charge in [-0.15, -0.1) is 0 Å². The Morgan fingerprint density at radius 3 is 2.67 bits per heavy atom. The van der Waals surface area contributed by atoms with E-state index in [2.05, 4.69) is 10.2 Å². The van der Waals surface area contributed by atoms with Gasteiger partial charge in [-0.05, 0) is 48.9 Å². The fourth-order valence-electron chi connectivity index (χ4n) is 3.58. The Kier molecular flexibility index (Phi) is 7.32. The minimum atomic E-state index is -0.421. The Balaban J connectivity index is 1.55. The first-order valence-corrected chi connectivity index (χ1v) is 11.2. The number of anilines is 2. The zero-order valence-corrected chi connectivity index (χ0v) is 19.1. The third-order valence-corrected chi connectivity index (χ3v) is 5.44. The predicted molar refractivity (Wildman–Crippen MR) is 127 cm³/mol. The molecule has 2 heterocycles. The summed E-state index contributed by atoms with van der Waals surface area (Å²) < 4.78 is 16.5. The minimum Gasteiger partial charge on any atom is -0.462 e. The molecule has 2 aromatic carbocycles. The van der Waals surface area contributed by atoms with Gasteiger partial charge >= 0.3 is 5.97 Å². The Labute approximate surface area is 197 Å². The molecule has 1 aliphatic heterocycles. The van der Waals surface area contributed by atoms with E-state index in [1.807, 2.05) is 25.1 Å². The Morgan fingerprint density at radius 1 is 1.09 bits per heavy atom. The van der Waals surface area contributed by atoms with Gasteiger partial charge in [0.05, 0.1) is 31.1 Å². The first kappa shape index (κ1) is 22.9. The van der Waals surface area contributed by atoms with Gasteiger partial charge in [0.25, 0.3) is 5.91 Å². The fraction of sp³-hybridized carbons (Fsp3) is 0.280. The monoisotopic (exact) mass is 468 g/mol. The second-order valence-electron chi connectivity index (χ2n) is 7.60. The van der Waals surface area contributed by atoms with E-state index >= 15 is 0 Å². The highest BCUT2D eigenvalue weighted by Crippen LogP contribution is 2.28. The molecule has 0 saturated carbocycles. The molecule has 0 radical (unpaired) electrons. The summed E-state index contributed by atoms with van der Waals surface area (Å²) in [5.41, 5.74) is 2.42. The standard InChI is InChI=1S/C25H25ClN2O5/c1-2-12-32-25(30)20-16-19(6-7-21(20)28-10-13-31-14-11-28)27-24(29)23-9-8-22(33-23)17-4-3-5-18(26)15-17/h3-9,15-16H,2,10-14H2,1H3,(H,27,29). The van der Waals surface area contributed by atoms with Crippen LogP contribution >= 0.6 is 11.6 Å². The molecule has 172 valence electrons. The average Bonchev–Trinajstić information content (AvgIpc) is 3.34. The average molecular weight is 469 g/mol. The van der Waals surface area contributed by atoms with Crippen molar-refractivity contribution >= 4 is 34.9 Å². The fourth-order valence-corrected chi connectivity index (χ4v) is 3.77. The molecule has 0 aliphatic carbocycles. The topological polar surface area (TPSA) is 81.0 Å². The van der Waals surface area contributed by atoms with Crippen molar-refractivity contribution in [1.29, 1.82) is 0 Å². The van der Waals surface area contributed by atoms with Gasteiger partial charge in [0.1, 0.15) is 5.76 Å². The van der Waals surface area contributed by atoms with Crippen molar-refractivity contribution in [3.8, 4) is 11.3 Å². The number of rotatable bonds is 7. The smallest absolute Gasteiger partial charge is 0.340 e. The van der Waals surface area contributed by atoms with E-state index in [0.717, 1.165) is 17.7 Å². The maximum absolute atomic E-state index is 12.8. The highest BCUT2D eigenvalue weighted by atomic mass is 35.5. The number of ether oxygens (including phenoxy) is 2. The molecule has 0 unspecified atom stereocenters. The third kappa shape index (κ3) is 5.56. The molecule has 7 nitrogen and oxygen atoms in total. The van der Waals surface area contributed by atoms with Gasteiger partial charge in [-0.2, -0.15) is 0 Å². The van der Waals surface area contributed by atoms with Crippen LogP contribution in [0.5, 0.6) is 0 Å². The number of esters is 1. The summed E-state index contributed by atoms with van der Waals surface area (Å²) in [6, 6.07) is 15.7. The summed E-state index contributed by atoms with van der Waals surface area (Å²) >= 11 is 6.04. The SMILES string of the molecule is CCCOC(=O)c1cc(NC(=O)c2ccc(-c3cccc(Cl)c3)o2)ccc1N1CCOCC1. The summed E-state index contributed by atoms with van der Waals surface area (Å²) in [5.74, 6) is -0.155. The van der Waals surface area contributed by atoms with E-state index in [9.17, 15) is 9.59 Å². The second kappa shape index (κ2) is 10.6. The predicted octanol–water partition coefficient (Wildman–Crippen LogP) is 5.26. The van der Waals surface area contributed by atoms with E-state index in [-0.39, 0.29) is 5.76 Å². The van der Waals surface area contributed by atoms with Crippen molar-refractivity contribution in [2.45, 2.75) is 13.3 Å². The van der Waals surface area contributed by atoms with Crippen LogP contribution in [0.2, 0.25) is 5.02 Å². The number of hydrogen-bond donors (Lipinski definition) is 1. The molecule has 1 saturated heterocycles. The number of halogens is 1. The number of nitrogens with one attached hydrogen (secondary N) is 1. The molecule has 8 heteroatoms. The second-order valence-corrected chi connectivity index (χ2v) is 8.03. The molecular weight excluding hydrogens is 444 g/mol. The zero-order valence-electron chi connectivity index (χ0n) is 18.3.